The Balaban J connectivity index is 1.24. The molecule has 2 aliphatic carbocycles. The average Bonchev–Trinajstić information content (AvgIpc) is 3.26. The number of aryl methyl sites for hydroxylation is 1. The second-order valence-electron chi connectivity index (χ2n) is 11.3. The Morgan fingerprint density at radius 3 is 2.49 bits per heavy atom. The zero-order chi connectivity index (χ0) is 26.2. The molecule has 2 aromatic rings. The second-order valence-corrected chi connectivity index (χ2v) is 11.3. The molecule has 3 heterocycles. The number of carbonyl (C=O) groups excluding carboxylic acids is 1. The van der Waals surface area contributed by atoms with E-state index < -0.39 is 5.97 Å². The van der Waals surface area contributed by atoms with Gasteiger partial charge < -0.3 is 19.5 Å². The summed E-state index contributed by atoms with van der Waals surface area (Å²) in [6, 6.07) is 8.58. The molecule has 37 heavy (non-hydrogen) atoms. The first-order chi connectivity index (χ1) is 17.7. The smallest absolute Gasteiger partial charge is 0.410 e. The highest BCUT2D eigenvalue weighted by atomic mass is 16.6. The van der Waals surface area contributed by atoms with E-state index in [1.54, 1.807) is 9.58 Å². The third kappa shape index (κ3) is 4.98. The maximum Gasteiger partial charge on any atom is 0.410 e. The predicted molar refractivity (Wildman–Crippen MR) is 137 cm³/mol. The number of aliphatic carboxylic acids is 1. The maximum atomic E-state index is 12.7. The monoisotopic (exact) mass is 510 g/mol. The minimum atomic E-state index is -0.760. The van der Waals surface area contributed by atoms with E-state index in [0.717, 1.165) is 36.9 Å². The van der Waals surface area contributed by atoms with E-state index in [4.69, 9.17) is 14.6 Å². The minimum absolute atomic E-state index is 0.0219. The van der Waals surface area contributed by atoms with Crippen LogP contribution < -0.4 is 0 Å². The van der Waals surface area contributed by atoms with Crippen molar-refractivity contribution in [2.75, 3.05) is 13.7 Å². The number of carboxylic acids is 1. The van der Waals surface area contributed by atoms with Crippen LogP contribution in [0.15, 0.2) is 24.3 Å². The number of ether oxygens (including phenoxy) is 2. The predicted octanol–water partition coefficient (Wildman–Crippen LogP) is 4.68. The molecular formula is C28H38N4O5. The summed E-state index contributed by atoms with van der Waals surface area (Å²) in [7, 11) is 3.62. The van der Waals surface area contributed by atoms with Gasteiger partial charge in [-0.15, -0.1) is 5.10 Å². The lowest BCUT2D eigenvalue weighted by atomic mass is 9.62. The highest BCUT2D eigenvalue weighted by Crippen LogP contribution is 2.52. The zero-order valence-electron chi connectivity index (χ0n) is 22.1. The van der Waals surface area contributed by atoms with Crippen molar-refractivity contribution in [3.05, 3.63) is 35.5 Å². The van der Waals surface area contributed by atoms with Crippen LogP contribution in [0.5, 0.6) is 0 Å². The molecule has 2 saturated carbocycles. The molecule has 9 nitrogen and oxygen atoms in total. The van der Waals surface area contributed by atoms with Gasteiger partial charge in [0.2, 0.25) is 0 Å². The normalized spacial score (nSPS) is 25.9. The average molecular weight is 511 g/mol. The van der Waals surface area contributed by atoms with Crippen molar-refractivity contribution in [2.24, 2.45) is 13.0 Å². The van der Waals surface area contributed by atoms with Gasteiger partial charge in [-0.2, -0.15) is 0 Å². The number of nitrogens with zero attached hydrogens (tertiary/aromatic N) is 4. The summed E-state index contributed by atoms with van der Waals surface area (Å²) in [5.41, 5.74) is 3.35. The molecule has 1 aromatic heterocycles. The fourth-order valence-electron chi connectivity index (χ4n) is 6.17. The molecule has 6 rings (SSSR count). The molecule has 4 fully saturated rings. The fourth-order valence-corrected chi connectivity index (χ4v) is 6.17. The summed E-state index contributed by atoms with van der Waals surface area (Å²) in [6.45, 7) is 2.82. The van der Waals surface area contributed by atoms with Crippen LogP contribution >= 0.6 is 0 Å². The van der Waals surface area contributed by atoms with Crippen LogP contribution in [0.3, 0.4) is 0 Å². The molecule has 9 heteroatoms. The van der Waals surface area contributed by atoms with Crippen molar-refractivity contribution in [1.82, 2.24) is 19.9 Å². The SMILES string of the molecule is CC(C1CCC1)N(C)C(=O)OCc1c(-c2ccc(C34CCC(CCC(=O)O)(CC3)OC4)cc2)nnn1C. The molecule has 1 aromatic carbocycles. The Bertz CT molecular complexity index is 1120. The molecule has 2 saturated heterocycles. The number of aromatic nitrogens is 3. The summed E-state index contributed by atoms with van der Waals surface area (Å²) in [6.07, 6.45) is 7.81. The Kier molecular flexibility index (Phi) is 7.00. The third-order valence-electron chi connectivity index (χ3n) is 9.34. The van der Waals surface area contributed by atoms with E-state index in [-0.39, 0.29) is 36.2 Å². The highest BCUT2D eigenvalue weighted by molar-refractivity contribution is 5.68. The summed E-state index contributed by atoms with van der Waals surface area (Å²) >= 11 is 0. The number of rotatable bonds is 9. The number of carbonyl (C=O) groups is 2. The van der Waals surface area contributed by atoms with Gasteiger partial charge in [0, 0.05) is 37.5 Å². The van der Waals surface area contributed by atoms with Crippen molar-refractivity contribution >= 4 is 12.1 Å². The molecule has 200 valence electrons. The van der Waals surface area contributed by atoms with E-state index in [1.165, 1.54) is 24.8 Å². The van der Waals surface area contributed by atoms with Gasteiger partial charge in [0.1, 0.15) is 18.0 Å². The number of hydrogen-bond donors (Lipinski definition) is 1. The van der Waals surface area contributed by atoms with E-state index in [9.17, 15) is 9.59 Å². The number of carboxylic acid groups (broad SMARTS) is 1. The van der Waals surface area contributed by atoms with Crippen molar-refractivity contribution in [3.63, 3.8) is 0 Å². The maximum absolute atomic E-state index is 12.7. The number of fused-ring (bicyclic) bond motifs is 3. The van der Waals surface area contributed by atoms with Crippen LogP contribution in [0.2, 0.25) is 0 Å². The van der Waals surface area contributed by atoms with Crippen molar-refractivity contribution in [3.8, 4) is 11.3 Å². The third-order valence-corrected chi connectivity index (χ3v) is 9.34. The number of amides is 1. The second kappa shape index (κ2) is 10.1. The summed E-state index contributed by atoms with van der Waals surface area (Å²) in [5, 5.41) is 17.6. The van der Waals surface area contributed by atoms with Crippen molar-refractivity contribution in [2.45, 2.75) is 88.4 Å². The first-order valence-electron chi connectivity index (χ1n) is 13.5. The molecular weight excluding hydrogens is 472 g/mol. The van der Waals surface area contributed by atoms with Crippen molar-refractivity contribution < 1.29 is 24.2 Å². The van der Waals surface area contributed by atoms with Crippen LogP contribution in [0.25, 0.3) is 11.3 Å². The minimum Gasteiger partial charge on any atom is -0.481 e. The molecule has 0 radical (unpaired) electrons. The molecule has 1 unspecified atom stereocenters. The zero-order valence-corrected chi connectivity index (χ0v) is 22.1. The van der Waals surface area contributed by atoms with Gasteiger partial charge in [-0.3, -0.25) is 4.79 Å². The Morgan fingerprint density at radius 1 is 1.22 bits per heavy atom. The summed E-state index contributed by atoms with van der Waals surface area (Å²) < 4.78 is 13.6. The van der Waals surface area contributed by atoms with Crippen LogP contribution in [-0.4, -0.2) is 62.4 Å². The molecule has 2 bridgehead atoms. The van der Waals surface area contributed by atoms with Crippen LogP contribution in [-0.2, 0) is 33.3 Å². The lowest BCUT2D eigenvalue weighted by Gasteiger charge is -2.53. The van der Waals surface area contributed by atoms with Crippen LogP contribution in [0, 0.1) is 5.92 Å². The Hall–Kier alpha value is -2.94. The standard InChI is InChI=1S/C28H38N4O5/c1-19(20-5-4-6-20)31(2)26(35)36-17-23-25(29-30-32(23)3)21-7-9-22(10-8-21)27-13-15-28(16-14-27,37-18-27)12-11-24(33)34/h7-10,19-20H,4-6,11-18H2,1-3H3,(H,33,34). The summed E-state index contributed by atoms with van der Waals surface area (Å²) in [5.74, 6) is -0.200. The summed E-state index contributed by atoms with van der Waals surface area (Å²) in [4.78, 5) is 25.4. The molecule has 2 aliphatic heterocycles. The van der Waals surface area contributed by atoms with Gasteiger partial charge in [0.25, 0.3) is 0 Å². The van der Waals surface area contributed by atoms with Crippen LogP contribution in [0.4, 0.5) is 4.79 Å². The Labute approximate surface area is 218 Å². The van der Waals surface area contributed by atoms with E-state index in [0.29, 0.717) is 24.6 Å². The van der Waals surface area contributed by atoms with E-state index >= 15 is 0 Å². The Morgan fingerprint density at radius 2 is 1.92 bits per heavy atom. The first kappa shape index (κ1) is 25.7. The lowest BCUT2D eigenvalue weighted by Crippen LogP contribution is -2.53. The van der Waals surface area contributed by atoms with Gasteiger partial charge in [-0.25, -0.2) is 9.48 Å². The largest absolute Gasteiger partial charge is 0.481 e. The highest BCUT2D eigenvalue weighted by Gasteiger charge is 2.50. The number of benzene rings is 1. The van der Waals surface area contributed by atoms with E-state index in [1.807, 2.05) is 14.1 Å². The lowest BCUT2D eigenvalue weighted by molar-refractivity contribution is -0.165. The van der Waals surface area contributed by atoms with E-state index in [2.05, 4.69) is 41.5 Å². The fraction of sp³-hybridized carbons (Fsp3) is 0.643. The molecule has 1 amide bonds. The molecule has 0 spiro atoms. The first-order valence-corrected chi connectivity index (χ1v) is 13.5. The molecule has 1 N–H and O–H groups in total. The topological polar surface area (TPSA) is 107 Å². The van der Waals surface area contributed by atoms with Gasteiger partial charge in [-0.1, -0.05) is 35.9 Å². The van der Waals surface area contributed by atoms with Gasteiger partial charge in [0.05, 0.1) is 12.2 Å². The molecule has 1 atom stereocenters. The van der Waals surface area contributed by atoms with Gasteiger partial charge >= 0.3 is 12.1 Å². The van der Waals surface area contributed by atoms with Gasteiger partial charge in [-0.05, 0) is 63.4 Å². The molecule has 4 aliphatic rings. The van der Waals surface area contributed by atoms with Crippen LogP contribution in [0.1, 0.15) is 76.0 Å². The van der Waals surface area contributed by atoms with Gasteiger partial charge in [0.15, 0.2) is 0 Å². The van der Waals surface area contributed by atoms with Crippen molar-refractivity contribution in [1.29, 1.82) is 0 Å². The number of hydrogen-bond acceptors (Lipinski definition) is 6. The quantitative estimate of drug-likeness (QED) is 0.522.